The van der Waals surface area contributed by atoms with Crippen molar-refractivity contribution in [2.75, 3.05) is 0 Å². The SMILES string of the molecule is CC1C=C([Si](c2ccccc2)(c2cccc([C@H]3Cc4ccccc4-c4ccccc43)c2)c2cccc(-n3c4ccccc4c4c5sc6ccccc6c5ccc43)c2)C=CC1. The zero-order valence-electron chi connectivity index (χ0n) is 33.6. The molecule has 2 aromatic heterocycles. The number of fused-ring (bicyclic) bond motifs is 10. The Kier molecular flexibility index (Phi) is 8.30. The quantitative estimate of drug-likeness (QED) is 0.117. The second-order valence-electron chi connectivity index (χ2n) is 16.8. The van der Waals surface area contributed by atoms with Gasteiger partial charge in [-0.3, -0.25) is 0 Å². The largest absolute Gasteiger partial charge is 0.309 e. The van der Waals surface area contributed by atoms with Crippen LogP contribution in [0.5, 0.6) is 0 Å². The highest BCUT2D eigenvalue weighted by molar-refractivity contribution is 7.26. The Morgan fingerprint density at radius 1 is 0.567 bits per heavy atom. The van der Waals surface area contributed by atoms with Gasteiger partial charge in [-0.1, -0.05) is 183 Å². The summed E-state index contributed by atoms with van der Waals surface area (Å²) >= 11 is 1.92. The number of aromatic nitrogens is 1. The van der Waals surface area contributed by atoms with Crippen molar-refractivity contribution in [2.45, 2.75) is 25.7 Å². The maximum Gasteiger partial charge on any atom is 0.179 e. The highest BCUT2D eigenvalue weighted by atomic mass is 32.1. The molecular weight excluding hydrogens is 759 g/mol. The van der Waals surface area contributed by atoms with Crippen molar-refractivity contribution < 1.29 is 0 Å². The van der Waals surface area contributed by atoms with E-state index in [4.69, 9.17) is 0 Å². The van der Waals surface area contributed by atoms with Crippen LogP contribution in [-0.2, 0) is 6.42 Å². The third kappa shape index (κ3) is 5.36. The van der Waals surface area contributed by atoms with Crippen molar-refractivity contribution >= 4 is 76.9 Å². The minimum absolute atomic E-state index is 0.267. The Morgan fingerprint density at radius 3 is 2.17 bits per heavy atom. The van der Waals surface area contributed by atoms with Crippen LogP contribution >= 0.6 is 11.3 Å². The number of para-hydroxylation sites is 1. The minimum Gasteiger partial charge on any atom is -0.309 e. The number of benzene rings is 8. The van der Waals surface area contributed by atoms with Crippen molar-refractivity contribution in [3.05, 3.63) is 228 Å². The smallest absolute Gasteiger partial charge is 0.179 e. The normalized spacial score (nSPS) is 17.1. The molecule has 0 N–H and O–H groups in total. The average Bonchev–Trinajstić information content (AvgIpc) is 3.86. The molecule has 0 amide bonds. The first-order valence-corrected chi connectivity index (χ1v) is 24.1. The number of allylic oxidation sites excluding steroid dienone is 4. The fraction of sp³-hybridized carbons (Fsp3) is 0.0877. The molecule has 2 aliphatic rings. The zero-order valence-corrected chi connectivity index (χ0v) is 35.4. The van der Waals surface area contributed by atoms with Crippen LogP contribution in [0.1, 0.15) is 36.0 Å². The van der Waals surface area contributed by atoms with Crippen LogP contribution in [0.25, 0.3) is 58.8 Å². The van der Waals surface area contributed by atoms with E-state index in [9.17, 15) is 0 Å². The summed E-state index contributed by atoms with van der Waals surface area (Å²) in [5, 5.41) is 11.0. The summed E-state index contributed by atoms with van der Waals surface area (Å²) in [6.45, 7) is 2.38. The molecule has 2 heterocycles. The van der Waals surface area contributed by atoms with E-state index in [0.29, 0.717) is 5.92 Å². The molecule has 3 atom stereocenters. The second-order valence-corrected chi connectivity index (χ2v) is 21.7. The van der Waals surface area contributed by atoms with Gasteiger partial charge in [0.15, 0.2) is 8.07 Å². The van der Waals surface area contributed by atoms with Gasteiger partial charge in [-0.25, -0.2) is 0 Å². The van der Waals surface area contributed by atoms with Gasteiger partial charge in [0.2, 0.25) is 0 Å². The topological polar surface area (TPSA) is 4.93 Å². The monoisotopic (exact) mass is 801 g/mol. The fourth-order valence-electron chi connectivity index (χ4n) is 10.8. The lowest BCUT2D eigenvalue weighted by Gasteiger charge is -2.38. The molecule has 0 radical (unpaired) electrons. The molecule has 8 aromatic carbocycles. The summed E-state index contributed by atoms with van der Waals surface area (Å²) in [5.74, 6) is 0.720. The molecule has 0 aliphatic heterocycles. The maximum atomic E-state index is 2.61. The Bertz CT molecular complexity index is 3370. The molecule has 10 aromatic rings. The molecule has 12 rings (SSSR count). The molecule has 2 unspecified atom stereocenters. The van der Waals surface area contributed by atoms with Gasteiger partial charge in [-0.05, 0) is 97.7 Å². The Labute approximate surface area is 356 Å². The number of hydrogen-bond donors (Lipinski definition) is 0. The third-order valence-electron chi connectivity index (χ3n) is 13.4. The van der Waals surface area contributed by atoms with Crippen molar-refractivity contribution in [3.63, 3.8) is 0 Å². The van der Waals surface area contributed by atoms with Gasteiger partial charge in [-0.2, -0.15) is 0 Å². The molecule has 0 fully saturated rings. The molecule has 3 heteroatoms. The number of hydrogen-bond acceptors (Lipinski definition) is 1. The highest BCUT2D eigenvalue weighted by Crippen LogP contribution is 2.44. The van der Waals surface area contributed by atoms with Crippen LogP contribution < -0.4 is 15.6 Å². The summed E-state index contributed by atoms with van der Waals surface area (Å²) in [6, 6.07) is 71.6. The third-order valence-corrected chi connectivity index (χ3v) is 19.4. The molecule has 0 spiro atoms. The molecule has 60 heavy (non-hydrogen) atoms. The average molecular weight is 802 g/mol. The second kappa shape index (κ2) is 14.1. The first kappa shape index (κ1) is 35.4. The van der Waals surface area contributed by atoms with Gasteiger partial charge < -0.3 is 4.57 Å². The van der Waals surface area contributed by atoms with Crippen molar-refractivity contribution in [1.82, 2.24) is 4.57 Å². The highest BCUT2D eigenvalue weighted by Gasteiger charge is 2.43. The molecule has 1 nitrogen and oxygen atoms in total. The summed E-state index contributed by atoms with van der Waals surface area (Å²) in [5.41, 5.74) is 10.7. The first-order valence-electron chi connectivity index (χ1n) is 21.3. The number of thiophene rings is 1. The molecule has 0 saturated carbocycles. The molecule has 2 aliphatic carbocycles. The molecule has 0 saturated heterocycles. The number of nitrogens with zero attached hydrogens (tertiary/aromatic N) is 1. The Morgan fingerprint density at radius 2 is 1.28 bits per heavy atom. The molecular formula is C57H43NSSi. The lowest BCUT2D eigenvalue weighted by molar-refractivity contribution is 0.734. The predicted molar refractivity (Wildman–Crippen MR) is 260 cm³/mol. The first-order chi connectivity index (χ1) is 29.7. The van der Waals surface area contributed by atoms with Crippen molar-refractivity contribution in [2.24, 2.45) is 5.92 Å². The van der Waals surface area contributed by atoms with E-state index in [2.05, 4.69) is 218 Å². The van der Waals surface area contributed by atoms with E-state index in [0.717, 1.165) is 12.8 Å². The summed E-state index contributed by atoms with van der Waals surface area (Å²) in [6.07, 6.45) is 9.56. The summed E-state index contributed by atoms with van der Waals surface area (Å²) in [7, 11) is -2.90. The lowest BCUT2D eigenvalue weighted by Crippen LogP contribution is -2.68. The van der Waals surface area contributed by atoms with Crippen molar-refractivity contribution in [3.8, 4) is 16.8 Å². The van der Waals surface area contributed by atoms with Crippen LogP contribution in [-0.4, -0.2) is 12.6 Å². The van der Waals surface area contributed by atoms with Crippen LogP contribution in [0.2, 0.25) is 0 Å². The van der Waals surface area contributed by atoms with Gasteiger partial charge in [0.05, 0.1) is 11.0 Å². The van der Waals surface area contributed by atoms with E-state index >= 15 is 0 Å². The molecule has 0 bridgehead atoms. The van der Waals surface area contributed by atoms with Crippen molar-refractivity contribution in [1.29, 1.82) is 0 Å². The van der Waals surface area contributed by atoms with Gasteiger partial charge in [-0.15, -0.1) is 11.3 Å². The van der Waals surface area contributed by atoms with Crippen LogP contribution in [0.4, 0.5) is 0 Å². The van der Waals surface area contributed by atoms with E-state index in [1.807, 2.05) is 11.3 Å². The van der Waals surface area contributed by atoms with Gasteiger partial charge in [0, 0.05) is 42.6 Å². The van der Waals surface area contributed by atoms with E-state index in [1.165, 1.54) is 96.2 Å². The maximum absolute atomic E-state index is 2.90. The minimum atomic E-state index is -2.90. The fourth-order valence-corrected chi connectivity index (χ4v) is 17.1. The molecule has 286 valence electrons. The van der Waals surface area contributed by atoms with Gasteiger partial charge >= 0.3 is 0 Å². The summed E-state index contributed by atoms with van der Waals surface area (Å²) < 4.78 is 5.23. The van der Waals surface area contributed by atoms with Crippen LogP contribution in [0, 0.1) is 5.92 Å². The lowest BCUT2D eigenvalue weighted by atomic mass is 9.76. The van der Waals surface area contributed by atoms with E-state index < -0.39 is 8.07 Å². The van der Waals surface area contributed by atoms with Crippen LogP contribution in [0.15, 0.2) is 211 Å². The predicted octanol–water partition coefficient (Wildman–Crippen LogP) is 13.0. The van der Waals surface area contributed by atoms with Gasteiger partial charge in [0.25, 0.3) is 0 Å². The van der Waals surface area contributed by atoms with E-state index in [-0.39, 0.29) is 5.92 Å². The zero-order chi connectivity index (χ0) is 39.8. The van der Waals surface area contributed by atoms with Gasteiger partial charge in [0.1, 0.15) is 0 Å². The van der Waals surface area contributed by atoms with E-state index in [1.54, 1.807) is 0 Å². The van der Waals surface area contributed by atoms with Crippen LogP contribution in [0.3, 0.4) is 0 Å². The Balaban J connectivity index is 1.11. The standard InChI is InChI=1S/C57H43NSSi/c1-38-16-13-22-43(34-38)60(42-20-3-2-4-21-42,44-23-14-18-39(35-44)52-36-40-17-5-6-25-46(40)47-26-7-8-27-48(47)52)45-24-15-19-41(37-45)58-53-30-11-9-29-51(53)56-54(58)33-32-50-49-28-10-12-31-55(49)59-57(50)56/h2-15,17-35,37-38,52H,16,36H2,1H3/t38?,52-,60?/m1/s1. The number of rotatable bonds is 6. The Hall–Kier alpha value is -6.52. The summed E-state index contributed by atoms with van der Waals surface area (Å²) in [4.78, 5) is 0.